The molecule has 15 heavy (non-hydrogen) atoms. The predicted octanol–water partition coefficient (Wildman–Crippen LogP) is 2.14. The van der Waals surface area contributed by atoms with Gasteiger partial charge in [-0.15, -0.1) is 0 Å². The monoisotopic (exact) mass is 205 g/mol. The molecule has 0 unspecified atom stereocenters. The van der Waals surface area contributed by atoms with E-state index in [-0.39, 0.29) is 5.97 Å². The minimum absolute atomic E-state index is 0.249. The van der Waals surface area contributed by atoms with Gasteiger partial charge in [-0.1, -0.05) is 0 Å². The van der Waals surface area contributed by atoms with E-state index in [1.54, 1.807) is 0 Å². The summed E-state index contributed by atoms with van der Waals surface area (Å²) in [6.45, 7) is 2.95. The van der Waals surface area contributed by atoms with E-state index in [1.807, 2.05) is 19.1 Å². The van der Waals surface area contributed by atoms with E-state index < -0.39 is 0 Å². The molecule has 0 aliphatic carbocycles. The van der Waals surface area contributed by atoms with Gasteiger partial charge in [0, 0.05) is 12.2 Å². The number of ether oxygens (including phenoxy) is 1. The fourth-order valence-electron chi connectivity index (χ4n) is 1.96. The maximum absolute atomic E-state index is 11.5. The first-order chi connectivity index (χ1) is 7.22. The van der Waals surface area contributed by atoms with Crippen LogP contribution >= 0.6 is 0 Å². The number of hydrogen-bond donors (Lipinski definition) is 1. The van der Waals surface area contributed by atoms with Crippen LogP contribution in [0.1, 0.15) is 27.9 Å². The van der Waals surface area contributed by atoms with Crippen molar-refractivity contribution >= 4 is 11.7 Å². The lowest BCUT2D eigenvalue weighted by molar-refractivity contribution is 0.0600. The van der Waals surface area contributed by atoms with Gasteiger partial charge < -0.3 is 10.1 Å². The fraction of sp³-hybridized carbons (Fsp3) is 0.417. The number of anilines is 1. The molecular weight excluding hydrogens is 190 g/mol. The third kappa shape index (κ3) is 1.82. The van der Waals surface area contributed by atoms with Crippen molar-refractivity contribution in [3.05, 3.63) is 28.8 Å². The van der Waals surface area contributed by atoms with Gasteiger partial charge in [0.05, 0.1) is 12.7 Å². The number of carbonyl (C=O) groups excluding carboxylic acids is 1. The summed E-state index contributed by atoms with van der Waals surface area (Å²) in [5.41, 5.74) is 4.02. The second-order valence-corrected chi connectivity index (χ2v) is 3.85. The molecule has 0 bridgehead atoms. The van der Waals surface area contributed by atoms with E-state index in [4.69, 9.17) is 4.74 Å². The predicted molar refractivity (Wildman–Crippen MR) is 59.3 cm³/mol. The van der Waals surface area contributed by atoms with Crippen LogP contribution in [0.2, 0.25) is 0 Å². The average Bonchev–Trinajstić information content (AvgIpc) is 2.27. The molecule has 3 nitrogen and oxygen atoms in total. The topological polar surface area (TPSA) is 38.3 Å². The molecule has 0 amide bonds. The number of carbonyl (C=O) groups is 1. The lowest BCUT2D eigenvalue weighted by Crippen LogP contribution is -2.14. The summed E-state index contributed by atoms with van der Waals surface area (Å²) in [5.74, 6) is -0.249. The van der Waals surface area contributed by atoms with Crippen LogP contribution in [0.5, 0.6) is 0 Å². The lowest BCUT2D eigenvalue weighted by atomic mass is 9.97. The Morgan fingerprint density at radius 2 is 2.27 bits per heavy atom. The molecule has 1 aliphatic heterocycles. The molecule has 1 aliphatic rings. The quantitative estimate of drug-likeness (QED) is 0.714. The molecule has 1 heterocycles. The van der Waals surface area contributed by atoms with Gasteiger partial charge in [0.25, 0.3) is 0 Å². The Morgan fingerprint density at radius 1 is 1.47 bits per heavy atom. The van der Waals surface area contributed by atoms with Gasteiger partial charge in [-0.3, -0.25) is 0 Å². The molecule has 80 valence electrons. The van der Waals surface area contributed by atoms with Crippen molar-refractivity contribution in [2.75, 3.05) is 19.0 Å². The van der Waals surface area contributed by atoms with Crippen molar-refractivity contribution in [3.8, 4) is 0 Å². The number of hydrogen-bond acceptors (Lipinski definition) is 3. The standard InChI is InChI=1S/C12H15NO2/c1-8-6-11-9(4-3-5-13-11)7-10(8)12(14)15-2/h6-7,13H,3-5H2,1-2H3. The van der Waals surface area contributed by atoms with Crippen LogP contribution < -0.4 is 5.32 Å². The molecule has 0 atom stereocenters. The summed E-state index contributed by atoms with van der Waals surface area (Å²) < 4.78 is 4.75. The zero-order valence-corrected chi connectivity index (χ0v) is 9.09. The van der Waals surface area contributed by atoms with E-state index in [0.717, 1.165) is 30.6 Å². The van der Waals surface area contributed by atoms with Crippen LogP contribution in [-0.4, -0.2) is 19.6 Å². The molecule has 0 saturated carbocycles. The second kappa shape index (κ2) is 3.93. The summed E-state index contributed by atoms with van der Waals surface area (Å²) in [6, 6.07) is 3.98. The van der Waals surface area contributed by atoms with Crippen LogP contribution in [0.25, 0.3) is 0 Å². The van der Waals surface area contributed by atoms with Crippen molar-refractivity contribution in [1.82, 2.24) is 0 Å². The molecule has 0 radical (unpaired) electrons. The highest BCUT2D eigenvalue weighted by Gasteiger charge is 2.15. The summed E-state index contributed by atoms with van der Waals surface area (Å²) >= 11 is 0. The zero-order chi connectivity index (χ0) is 10.8. The molecular formula is C12H15NO2. The Kier molecular flexibility index (Phi) is 2.62. The molecule has 1 aromatic rings. The number of benzene rings is 1. The minimum atomic E-state index is -0.249. The highest BCUT2D eigenvalue weighted by atomic mass is 16.5. The Morgan fingerprint density at radius 3 is 3.00 bits per heavy atom. The molecule has 1 N–H and O–H groups in total. The first-order valence-electron chi connectivity index (χ1n) is 5.18. The van der Waals surface area contributed by atoms with E-state index >= 15 is 0 Å². The van der Waals surface area contributed by atoms with Crippen molar-refractivity contribution in [2.24, 2.45) is 0 Å². The maximum atomic E-state index is 11.5. The largest absolute Gasteiger partial charge is 0.465 e. The van der Waals surface area contributed by atoms with Crippen molar-refractivity contribution in [3.63, 3.8) is 0 Å². The average molecular weight is 205 g/mol. The summed E-state index contributed by atoms with van der Waals surface area (Å²) in [7, 11) is 1.42. The number of nitrogens with one attached hydrogen (secondary N) is 1. The highest BCUT2D eigenvalue weighted by Crippen LogP contribution is 2.25. The molecule has 0 aromatic heterocycles. The number of rotatable bonds is 1. The Bertz CT molecular complexity index is 399. The van der Waals surface area contributed by atoms with Gasteiger partial charge in [0.2, 0.25) is 0 Å². The number of esters is 1. The SMILES string of the molecule is COC(=O)c1cc2c(cc1C)NCCC2. The number of methoxy groups -OCH3 is 1. The van der Waals surface area contributed by atoms with Crippen LogP contribution in [0.15, 0.2) is 12.1 Å². The minimum Gasteiger partial charge on any atom is -0.465 e. The summed E-state index contributed by atoms with van der Waals surface area (Å²) in [6.07, 6.45) is 2.16. The highest BCUT2D eigenvalue weighted by molar-refractivity contribution is 5.92. The van der Waals surface area contributed by atoms with Gasteiger partial charge in [-0.25, -0.2) is 4.79 Å². The molecule has 1 aromatic carbocycles. The summed E-state index contributed by atoms with van der Waals surface area (Å²) in [4.78, 5) is 11.5. The maximum Gasteiger partial charge on any atom is 0.338 e. The van der Waals surface area contributed by atoms with Gasteiger partial charge >= 0.3 is 5.97 Å². The van der Waals surface area contributed by atoms with Gasteiger partial charge in [0.1, 0.15) is 0 Å². The van der Waals surface area contributed by atoms with Crippen molar-refractivity contribution in [2.45, 2.75) is 19.8 Å². The molecule has 0 fully saturated rings. The Hall–Kier alpha value is -1.51. The third-order valence-corrected chi connectivity index (χ3v) is 2.79. The Balaban J connectivity index is 2.44. The normalized spacial score (nSPS) is 14.0. The number of aryl methyl sites for hydroxylation is 2. The van der Waals surface area contributed by atoms with Gasteiger partial charge in [-0.05, 0) is 43.0 Å². The molecule has 2 rings (SSSR count). The van der Waals surface area contributed by atoms with Gasteiger partial charge in [0.15, 0.2) is 0 Å². The van der Waals surface area contributed by atoms with E-state index in [1.165, 1.54) is 12.7 Å². The first-order valence-corrected chi connectivity index (χ1v) is 5.18. The third-order valence-electron chi connectivity index (χ3n) is 2.79. The van der Waals surface area contributed by atoms with E-state index in [2.05, 4.69) is 5.32 Å². The van der Waals surface area contributed by atoms with Crippen molar-refractivity contribution in [1.29, 1.82) is 0 Å². The molecule has 3 heteroatoms. The lowest BCUT2D eigenvalue weighted by Gasteiger charge is -2.19. The first kappa shape index (κ1) is 10.0. The molecule has 0 spiro atoms. The zero-order valence-electron chi connectivity index (χ0n) is 9.09. The van der Waals surface area contributed by atoms with E-state index in [0.29, 0.717) is 5.56 Å². The van der Waals surface area contributed by atoms with Crippen LogP contribution in [-0.2, 0) is 11.2 Å². The Labute approximate surface area is 89.4 Å². The van der Waals surface area contributed by atoms with Crippen LogP contribution in [0.3, 0.4) is 0 Å². The molecule has 0 saturated heterocycles. The van der Waals surface area contributed by atoms with Crippen LogP contribution in [0.4, 0.5) is 5.69 Å². The van der Waals surface area contributed by atoms with Crippen molar-refractivity contribution < 1.29 is 9.53 Å². The van der Waals surface area contributed by atoms with E-state index in [9.17, 15) is 4.79 Å². The summed E-state index contributed by atoms with van der Waals surface area (Å²) in [5, 5.41) is 3.34. The fourth-order valence-corrected chi connectivity index (χ4v) is 1.96. The second-order valence-electron chi connectivity index (χ2n) is 3.85. The van der Waals surface area contributed by atoms with Gasteiger partial charge in [-0.2, -0.15) is 0 Å². The number of fused-ring (bicyclic) bond motifs is 1. The smallest absolute Gasteiger partial charge is 0.338 e. The van der Waals surface area contributed by atoms with Crippen LogP contribution in [0, 0.1) is 6.92 Å².